The van der Waals surface area contributed by atoms with Gasteiger partial charge in [-0.05, 0) is 46.6 Å². The molecule has 2 nitrogen and oxygen atoms in total. The lowest BCUT2D eigenvalue weighted by atomic mass is 10.0. The third kappa shape index (κ3) is 2.96. The van der Waals surface area contributed by atoms with Crippen LogP contribution in [0.2, 0.25) is 0 Å². The predicted molar refractivity (Wildman–Crippen MR) is 75.6 cm³/mol. The zero-order chi connectivity index (χ0) is 12.4. The van der Waals surface area contributed by atoms with E-state index in [9.17, 15) is 4.79 Å². The van der Waals surface area contributed by atoms with Crippen molar-refractivity contribution >= 4 is 38.7 Å². The number of rotatable bonds is 3. The van der Waals surface area contributed by atoms with E-state index in [2.05, 4.69) is 15.9 Å². The molecule has 0 spiro atoms. The van der Waals surface area contributed by atoms with E-state index in [1.165, 1.54) is 0 Å². The third-order valence-electron chi connectivity index (χ3n) is 2.56. The minimum Gasteiger partial charge on any atom is -0.398 e. The van der Waals surface area contributed by atoms with Crippen molar-refractivity contribution in [2.45, 2.75) is 13.3 Å². The number of aryl methyl sites for hydroxylation is 1. The Balaban J connectivity index is 2.17. The second-order valence-corrected chi connectivity index (χ2v) is 6.42. The first-order chi connectivity index (χ1) is 8.06. The molecule has 0 atom stereocenters. The van der Waals surface area contributed by atoms with Crippen LogP contribution in [0.15, 0.2) is 34.1 Å². The number of benzene rings is 1. The molecule has 1 heterocycles. The fourth-order valence-corrected chi connectivity index (χ4v) is 3.00. The lowest BCUT2D eigenvalue weighted by Gasteiger charge is -2.03. The summed E-state index contributed by atoms with van der Waals surface area (Å²) in [7, 11) is 0. The summed E-state index contributed by atoms with van der Waals surface area (Å²) in [5.41, 5.74) is 8.15. The molecule has 2 N–H and O–H groups in total. The van der Waals surface area contributed by atoms with Crippen molar-refractivity contribution in [1.82, 2.24) is 0 Å². The van der Waals surface area contributed by atoms with Gasteiger partial charge in [-0.1, -0.05) is 12.1 Å². The molecule has 2 aromatic rings. The highest BCUT2D eigenvalue weighted by Gasteiger charge is 2.09. The van der Waals surface area contributed by atoms with Crippen molar-refractivity contribution in [1.29, 1.82) is 0 Å². The third-order valence-corrected chi connectivity index (χ3v) is 4.19. The molecule has 4 heteroatoms. The number of anilines is 1. The van der Waals surface area contributed by atoms with E-state index in [0.29, 0.717) is 17.7 Å². The summed E-state index contributed by atoms with van der Waals surface area (Å²) < 4.78 is 1.05. The lowest BCUT2D eigenvalue weighted by Crippen LogP contribution is -2.03. The molecule has 0 amide bonds. The summed E-state index contributed by atoms with van der Waals surface area (Å²) in [6.45, 7) is 1.93. The van der Waals surface area contributed by atoms with Crippen molar-refractivity contribution in [2.24, 2.45) is 0 Å². The molecule has 1 aromatic heterocycles. The number of hydrogen-bond acceptors (Lipinski definition) is 3. The Labute approximate surface area is 113 Å². The van der Waals surface area contributed by atoms with Gasteiger partial charge in [-0.15, -0.1) is 11.3 Å². The van der Waals surface area contributed by atoms with Gasteiger partial charge in [0.1, 0.15) is 0 Å². The first kappa shape index (κ1) is 12.3. The van der Waals surface area contributed by atoms with Crippen LogP contribution in [0.4, 0.5) is 5.69 Å². The molecule has 0 saturated carbocycles. The maximum absolute atomic E-state index is 12.0. The molecule has 0 bridgehead atoms. The number of carbonyl (C=O) groups excluding carboxylic acids is 1. The van der Waals surface area contributed by atoms with E-state index < -0.39 is 0 Å². The number of ketones is 1. The first-order valence-corrected chi connectivity index (χ1v) is 6.81. The van der Waals surface area contributed by atoms with Crippen LogP contribution in [0.5, 0.6) is 0 Å². The van der Waals surface area contributed by atoms with Gasteiger partial charge in [-0.25, -0.2) is 0 Å². The highest BCUT2D eigenvalue weighted by atomic mass is 79.9. The fraction of sp³-hybridized carbons (Fsp3) is 0.154. The van der Waals surface area contributed by atoms with Gasteiger partial charge in [0.25, 0.3) is 0 Å². The van der Waals surface area contributed by atoms with Gasteiger partial charge < -0.3 is 5.73 Å². The number of hydrogen-bond donors (Lipinski definition) is 1. The second-order valence-electron chi connectivity index (χ2n) is 3.88. The lowest BCUT2D eigenvalue weighted by molar-refractivity contribution is 0.0994. The predicted octanol–water partition coefficient (Wildman–Crippen LogP) is 3.83. The molecule has 0 saturated heterocycles. The molecule has 0 radical (unpaired) electrons. The first-order valence-electron chi connectivity index (χ1n) is 5.20. The van der Waals surface area contributed by atoms with Gasteiger partial charge in [0.2, 0.25) is 0 Å². The second kappa shape index (κ2) is 5.02. The zero-order valence-corrected chi connectivity index (χ0v) is 11.8. The summed E-state index contributed by atoms with van der Waals surface area (Å²) >= 11 is 4.97. The van der Waals surface area contributed by atoms with Crippen LogP contribution in [0.25, 0.3) is 0 Å². The highest BCUT2D eigenvalue weighted by Crippen LogP contribution is 2.23. The summed E-state index contributed by atoms with van der Waals surface area (Å²) in [5, 5.41) is 0. The largest absolute Gasteiger partial charge is 0.398 e. The maximum Gasteiger partial charge on any atom is 0.168 e. The number of Topliss-reactive ketones (excluding diaryl/α,β-unsaturated/α-hetero) is 1. The molecule has 1 aromatic carbocycles. The smallest absolute Gasteiger partial charge is 0.168 e. The van der Waals surface area contributed by atoms with Crippen molar-refractivity contribution in [3.63, 3.8) is 0 Å². The minimum atomic E-state index is 0.103. The molecular weight excluding hydrogens is 298 g/mol. The monoisotopic (exact) mass is 309 g/mol. The van der Waals surface area contributed by atoms with Gasteiger partial charge in [0, 0.05) is 22.5 Å². The Kier molecular flexibility index (Phi) is 3.64. The van der Waals surface area contributed by atoms with Crippen molar-refractivity contribution in [2.75, 3.05) is 5.73 Å². The van der Waals surface area contributed by atoms with Gasteiger partial charge in [-0.2, -0.15) is 0 Å². The summed E-state index contributed by atoms with van der Waals surface area (Å²) in [6, 6.07) is 9.38. The Bertz CT molecular complexity index is 562. The standard InChI is InChI=1S/C13H12BrNOS/c1-8-2-3-9(6-11(8)15)12(16)7-10-4-5-13(14)17-10/h2-6H,7,15H2,1H3. The van der Waals surface area contributed by atoms with E-state index in [1.54, 1.807) is 17.4 Å². The quantitative estimate of drug-likeness (QED) is 0.691. The van der Waals surface area contributed by atoms with Crippen LogP contribution in [-0.2, 0) is 6.42 Å². The van der Waals surface area contributed by atoms with Crippen molar-refractivity contribution in [3.05, 3.63) is 50.1 Å². The molecule has 0 fully saturated rings. The number of nitrogen functional groups attached to an aromatic ring is 1. The van der Waals surface area contributed by atoms with Crippen LogP contribution in [0.1, 0.15) is 20.8 Å². The summed E-state index contributed by atoms with van der Waals surface area (Å²) in [6.07, 6.45) is 0.429. The highest BCUT2D eigenvalue weighted by molar-refractivity contribution is 9.11. The topological polar surface area (TPSA) is 43.1 Å². The maximum atomic E-state index is 12.0. The average Bonchev–Trinajstić information content (AvgIpc) is 2.68. The summed E-state index contributed by atoms with van der Waals surface area (Å²) in [4.78, 5) is 13.1. The Morgan fingerprint density at radius 3 is 2.71 bits per heavy atom. The number of thiophene rings is 1. The van der Waals surface area contributed by atoms with E-state index in [0.717, 1.165) is 14.2 Å². The minimum absolute atomic E-state index is 0.103. The Morgan fingerprint density at radius 2 is 2.12 bits per heavy atom. The van der Waals surface area contributed by atoms with Crippen LogP contribution in [0, 0.1) is 6.92 Å². The van der Waals surface area contributed by atoms with Gasteiger partial charge in [0.15, 0.2) is 5.78 Å². The van der Waals surface area contributed by atoms with Crippen molar-refractivity contribution in [3.8, 4) is 0 Å². The molecule has 17 heavy (non-hydrogen) atoms. The normalized spacial score (nSPS) is 10.5. The molecule has 0 aliphatic rings. The SMILES string of the molecule is Cc1ccc(C(=O)Cc2ccc(Br)s2)cc1N. The molecule has 2 rings (SSSR count). The van der Waals surface area contributed by atoms with Gasteiger partial charge >= 0.3 is 0 Å². The summed E-state index contributed by atoms with van der Waals surface area (Å²) in [5.74, 6) is 0.103. The number of carbonyl (C=O) groups is 1. The molecular formula is C13H12BrNOS. The van der Waals surface area contributed by atoms with Crippen LogP contribution in [-0.4, -0.2) is 5.78 Å². The average molecular weight is 310 g/mol. The van der Waals surface area contributed by atoms with Crippen molar-refractivity contribution < 1.29 is 4.79 Å². The van der Waals surface area contributed by atoms with Crippen LogP contribution in [0.3, 0.4) is 0 Å². The Hall–Kier alpha value is -1.13. The van der Waals surface area contributed by atoms with Gasteiger partial charge in [0.05, 0.1) is 3.79 Å². The zero-order valence-electron chi connectivity index (χ0n) is 9.37. The fourth-order valence-electron chi connectivity index (χ4n) is 1.52. The van der Waals surface area contributed by atoms with E-state index in [1.807, 2.05) is 31.2 Å². The number of nitrogens with two attached hydrogens (primary N) is 1. The van der Waals surface area contributed by atoms with E-state index >= 15 is 0 Å². The van der Waals surface area contributed by atoms with Crippen LogP contribution < -0.4 is 5.73 Å². The molecule has 0 unspecified atom stereocenters. The molecule has 88 valence electrons. The molecule has 0 aliphatic heterocycles. The van der Waals surface area contributed by atoms with Crippen LogP contribution >= 0.6 is 27.3 Å². The van der Waals surface area contributed by atoms with Gasteiger partial charge in [-0.3, -0.25) is 4.79 Å². The van der Waals surface area contributed by atoms with E-state index in [4.69, 9.17) is 5.73 Å². The Morgan fingerprint density at radius 1 is 1.35 bits per heavy atom. The molecule has 0 aliphatic carbocycles. The number of halogens is 1. The van der Waals surface area contributed by atoms with E-state index in [-0.39, 0.29) is 5.78 Å².